The standard InChI is InChI=1S/C12H19N/c1-5-6-7-8-12(4)9-10-13-11(2)3/h6-10,13H,2,5H2,1,3-4H3/b7-6+,10-9+,12-8-. The third-order valence-corrected chi connectivity index (χ3v) is 1.41. The zero-order valence-electron chi connectivity index (χ0n) is 8.80. The van der Waals surface area contributed by atoms with Crippen LogP contribution >= 0.6 is 0 Å². The lowest BCUT2D eigenvalue weighted by Gasteiger charge is -1.95. The van der Waals surface area contributed by atoms with Crippen molar-refractivity contribution in [3.8, 4) is 0 Å². The summed E-state index contributed by atoms with van der Waals surface area (Å²) in [5, 5.41) is 3.03. The van der Waals surface area contributed by atoms with E-state index in [9.17, 15) is 0 Å². The van der Waals surface area contributed by atoms with Gasteiger partial charge in [0.25, 0.3) is 0 Å². The van der Waals surface area contributed by atoms with Crippen molar-refractivity contribution in [2.24, 2.45) is 0 Å². The Morgan fingerprint density at radius 1 is 1.38 bits per heavy atom. The van der Waals surface area contributed by atoms with Crippen molar-refractivity contribution in [2.45, 2.75) is 27.2 Å². The summed E-state index contributed by atoms with van der Waals surface area (Å²) in [6.07, 6.45) is 11.3. The normalized spacial score (nSPS) is 12.7. The van der Waals surface area contributed by atoms with Crippen LogP contribution in [0, 0.1) is 0 Å². The Morgan fingerprint density at radius 2 is 2.08 bits per heavy atom. The van der Waals surface area contributed by atoms with Gasteiger partial charge >= 0.3 is 0 Å². The van der Waals surface area contributed by atoms with E-state index in [1.807, 2.05) is 19.2 Å². The molecule has 0 aliphatic heterocycles. The summed E-state index contributed by atoms with van der Waals surface area (Å²) in [7, 11) is 0. The summed E-state index contributed by atoms with van der Waals surface area (Å²) in [6, 6.07) is 0. The molecule has 0 aliphatic carbocycles. The first-order chi connectivity index (χ1) is 6.16. The van der Waals surface area contributed by atoms with Gasteiger partial charge in [-0.1, -0.05) is 31.7 Å². The van der Waals surface area contributed by atoms with Gasteiger partial charge < -0.3 is 5.32 Å². The highest BCUT2D eigenvalue weighted by Crippen LogP contribution is 1.95. The van der Waals surface area contributed by atoms with Gasteiger partial charge in [0.1, 0.15) is 0 Å². The van der Waals surface area contributed by atoms with Crippen molar-refractivity contribution in [1.29, 1.82) is 0 Å². The van der Waals surface area contributed by atoms with E-state index in [0.717, 1.165) is 12.1 Å². The average molecular weight is 177 g/mol. The molecule has 0 bridgehead atoms. The van der Waals surface area contributed by atoms with Crippen molar-refractivity contribution in [3.05, 3.63) is 48.4 Å². The SMILES string of the molecule is C=C(C)N/C=C/C(C)=C\C=C\CC. The van der Waals surface area contributed by atoms with Crippen molar-refractivity contribution >= 4 is 0 Å². The molecule has 1 heteroatoms. The molecule has 0 saturated heterocycles. The third-order valence-electron chi connectivity index (χ3n) is 1.41. The zero-order chi connectivity index (χ0) is 10.1. The number of allylic oxidation sites excluding steroid dienone is 6. The number of rotatable bonds is 5. The Kier molecular flexibility index (Phi) is 6.70. The Morgan fingerprint density at radius 3 is 2.62 bits per heavy atom. The predicted molar refractivity (Wildman–Crippen MR) is 60.3 cm³/mol. The summed E-state index contributed by atoms with van der Waals surface area (Å²) in [5.74, 6) is 0. The van der Waals surface area contributed by atoms with Gasteiger partial charge in [-0.3, -0.25) is 0 Å². The summed E-state index contributed by atoms with van der Waals surface area (Å²) >= 11 is 0. The fourth-order valence-electron chi connectivity index (χ4n) is 0.727. The minimum Gasteiger partial charge on any atom is -0.366 e. The zero-order valence-corrected chi connectivity index (χ0v) is 8.80. The fraction of sp³-hybridized carbons (Fsp3) is 0.333. The molecule has 0 fully saturated rings. The maximum absolute atomic E-state index is 3.73. The molecule has 0 atom stereocenters. The van der Waals surface area contributed by atoms with E-state index < -0.39 is 0 Å². The molecule has 1 N–H and O–H groups in total. The molecule has 0 spiro atoms. The second-order valence-corrected chi connectivity index (χ2v) is 3.01. The van der Waals surface area contributed by atoms with Gasteiger partial charge in [-0.15, -0.1) is 0 Å². The molecule has 0 aromatic rings. The second kappa shape index (κ2) is 7.41. The van der Waals surface area contributed by atoms with E-state index in [4.69, 9.17) is 0 Å². The average Bonchev–Trinajstić information content (AvgIpc) is 2.04. The van der Waals surface area contributed by atoms with Crippen LogP contribution < -0.4 is 5.32 Å². The lowest BCUT2D eigenvalue weighted by Crippen LogP contribution is -1.98. The van der Waals surface area contributed by atoms with Gasteiger partial charge in [0.2, 0.25) is 0 Å². The minimum atomic E-state index is 0.952. The molecule has 72 valence electrons. The van der Waals surface area contributed by atoms with E-state index in [0.29, 0.717) is 0 Å². The number of hydrogen-bond donors (Lipinski definition) is 1. The highest BCUT2D eigenvalue weighted by molar-refractivity contribution is 5.21. The molecule has 0 aliphatic rings. The Labute approximate surface area is 81.5 Å². The van der Waals surface area contributed by atoms with Crippen LogP contribution in [0.3, 0.4) is 0 Å². The van der Waals surface area contributed by atoms with E-state index in [1.54, 1.807) is 0 Å². The summed E-state index contributed by atoms with van der Waals surface area (Å²) in [4.78, 5) is 0. The lowest BCUT2D eigenvalue weighted by atomic mass is 10.2. The maximum Gasteiger partial charge on any atom is 0.00420 e. The molecular weight excluding hydrogens is 158 g/mol. The fourth-order valence-corrected chi connectivity index (χ4v) is 0.727. The molecule has 0 saturated carbocycles. The Balaban J connectivity index is 3.90. The molecule has 0 aromatic carbocycles. The molecule has 0 radical (unpaired) electrons. The lowest BCUT2D eigenvalue weighted by molar-refractivity contribution is 1.07. The van der Waals surface area contributed by atoms with Crippen molar-refractivity contribution in [3.63, 3.8) is 0 Å². The van der Waals surface area contributed by atoms with Gasteiger partial charge in [0.05, 0.1) is 0 Å². The molecular formula is C12H19N. The Hall–Kier alpha value is -1.24. The smallest absolute Gasteiger partial charge is 0.00420 e. The summed E-state index contributed by atoms with van der Waals surface area (Å²) in [6.45, 7) is 9.85. The van der Waals surface area contributed by atoms with Gasteiger partial charge in [-0.2, -0.15) is 0 Å². The van der Waals surface area contributed by atoms with Crippen molar-refractivity contribution in [1.82, 2.24) is 5.32 Å². The largest absolute Gasteiger partial charge is 0.366 e. The van der Waals surface area contributed by atoms with Crippen LogP contribution in [0.5, 0.6) is 0 Å². The van der Waals surface area contributed by atoms with Crippen LogP contribution in [-0.4, -0.2) is 0 Å². The number of nitrogens with one attached hydrogen (secondary N) is 1. The van der Waals surface area contributed by atoms with Crippen LogP contribution in [0.25, 0.3) is 0 Å². The summed E-state index contributed by atoms with van der Waals surface area (Å²) in [5.41, 5.74) is 2.17. The molecule has 0 amide bonds. The van der Waals surface area contributed by atoms with Gasteiger partial charge in [-0.25, -0.2) is 0 Å². The maximum atomic E-state index is 3.73. The summed E-state index contributed by atoms with van der Waals surface area (Å²) < 4.78 is 0. The van der Waals surface area contributed by atoms with Crippen LogP contribution in [-0.2, 0) is 0 Å². The molecule has 1 nitrogen and oxygen atoms in total. The van der Waals surface area contributed by atoms with Crippen molar-refractivity contribution < 1.29 is 0 Å². The molecule has 0 aromatic heterocycles. The highest BCUT2D eigenvalue weighted by Gasteiger charge is 1.78. The quantitative estimate of drug-likeness (QED) is 0.633. The van der Waals surface area contributed by atoms with E-state index in [1.165, 1.54) is 5.57 Å². The Bertz CT molecular complexity index is 232. The van der Waals surface area contributed by atoms with E-state index in [2.05, 4.69) is 44.0 Å². The van der Waals surface area contributed by atoms with E-state index in [-0.39, 0.29) is 0 Å². The first kappa shape index (κ1) is 11.8. The highest BCUT2D eigenvalue weighted by atomic mass is 14.8. The van der Waals surface area contributed by atoms with Crippen LogP contribution in [0.1, 0.15) is 27.2 Å². The van der Waals surface area contributed by atoms with Crippen LogP contribution in [0.2, 0.25) is 0 Å². The van der Waals surface area contributed by atoms with Crippen LogP contribution in [0.4, 0.5) is 0 Å². The monoisotopic (exact) mass is 177 g/mol. The second-order valence-electron chi connectivity index (χ2n) is 3.01. The predicted octanol–water partition coefficient (Wildman–Crippen LogP) is 3.54. The molecule has 0 rings (SSSR count). The number of hydrogen-bond acceptors (Lipinski definition) is 1. The van der Waals surface area contributed by atoms with E-state index >= 15 is 0 Å². The first-order valence-electron chi connectivity index (χ1n) is 4.58. The molecule has 0 unspecified atom stereocenters. The molecule has 13 heavy (non-hydrogen) atoms. The topological polar surface area (TPSA) is 12.0 Å². The van der Waals surface area contributed by atoms with Crippen molar-refractivity contribution in [2.75, 3.05) is 0 Å². The van der Waals surface area contributed by atoms with Gasteiger partial charge in [0, 0.05) is 11.9 Å². The minimum absolute atomic E-state index is 0.952. The van der Waals surface area contributed by atoms with Gasteiger partial charge in [-0.05, 0) is 31.9 Å². The molecule has 0 heterocycles. The first-order valence-corrected chi connectivity index (χ1v) is 4.58. The third kappa shape index (κ3) is 8.67. The van der Waals surface area contributed by atoms with Crippen LogP contribution in [0.15, 0.2) is 48.4 Å². The van der Waals surface area contributed by atoms with Gasteiger partial charge in [0.15, 0.2) is 0 Å².